The van der Waals surface area contributed by atoms with Crippen LogP contribution in [0.5, 0.6) is 23.0 Å². The van der Waals surface area contributed by atoms with Crippen LogP contribution in [0.2, 0.25) is 0 Å². The fourth-order valence-corrected chi connectivity index (χ4v) is 2.62. The number of ether oxygens (including phenoxy) is 4. The van der Waals surface area contributed by atoms with Crippen LogP contribution < -0.4 is 30.0 Å². The Kier molecular flexibility index (Phi) is 9.93. The Morgan fingerprint density at radius 1 is 1.19 bits per heavy atom. The van der Waals surface area contributed by atoms with Gasteiger partial charge < -0.3 is 30.0 Å². The minimum atomic E-state index is -0.0429. The molecule has 0 bridgehead atoms. The average molecular weight is 417 g/mol. The topological polar surface area (TPSA) is 75.0 Å². The van der Waals surface area contributed by atoms with Gasteiger partial charge >= 0.3 is 0 Å². The third-order valence-electron chi connectivity index (χ3n) is 3.87. The molecule has 0 radical (unpaired) electrons. The summed E-state index contributed by atoms with van der Waals surface area (Å²) in [6, 6.07) is 13.1. The first kappa shape index (κ1) is 23.0. The van der Waals surface area contributed by atoms with Crippen molar-refractivity contribution in [3.8, 4) is 23.0 Å². The highest BCUT2D eigenvalue weighted by Crippen LogP contribution is 2.39. The van der Waals surface area contributed by atoms with Gasteiger partial charge in [0.05, 0.1) is 13.7 Å². The van der Waals surface area contributed by atoms with E-state index in [-0.39, 0.29) is 30.9 Å². The quantitative estimate of drug-likeness (QED) is 0.507. The second kappa shape index (κ2) is 11.6. The summed E-state index contributed by atoms with van der Waals surface area (Å²) in [7, 11) is 1.63. The van der Waals surface area contributed by atoms with Crippen molar-refractivity contribution in [3.05, 3.63) is 42.5 Å². The van der Waals surface area contributed by atoms with Crippen molar-refractivity contribution < 1.29 is 18.9 Å². The molecule has 0 saturated heterocycles. The van der Waals surface area contributed by atoms with E-state index in [9.17, 15) is 0 Å². The van der Waals surface area contributed by atoms with E-state index in [1.807, 2.05) is 42.5 Å². The standard InChI is InChI=1S/C19H24N2O4.2ClH/c1-22-17-7-3-8-18-19(17)25-16(13-24-18)12-21-9-4-10-23-15-6-2-5-14(20)11-15;;/h2-3,5-8,11,16,21H,4,9-10,12-13,20H2,1H3;2*1H. The van der Waals surface area contributed by atoms with Crippen LogP contribution in [-0.2, 0) is 0 Å². The number of fused-ring (bicyclic) bond motifs is 1. The highest BCUT2D eigenvalue weighted by Gasteiger charge is 2.23. The first-order valence-electron chi connectivity index (χ1n) is 8.42. The number of rotatable bonds is 8. The molecule has 0 amide bonds. The third-order valence-corrected chi connectivity index (χ3v) is 3.87. The summed E-state index contributed by atoms with van der Waals surface area (Å²) in [5.41, 5.74) is 6.43. The molecule has 3 rings (SSSR count). The zero-order valence-corrected chi connectivity index (χ0v) is 16.8. The Morgan fingerprint density at radius 2 is 2.00 bits per heavy atom. The van der Waals surface area contributed by atoms with Crippen molar-refractivity contribution in [1.29, 1.82) is 0 Å². The second-order valence-corrected chi connectivity index (χ2v) is 5.82. The second-order valence-electron chi connectivity index (χ2n) is 5.82. The van der Waals surface area contributed by atoms with E-state index in [0.29, 0.717) is 36.9 Å². The molecule has 2 aromatic rings. The molecule has 0 aliphatic carbocycles. The molecule has 1 aliphatic heterocycles. The van der Waals surface area contributed by atoms with Crippen LogP contribution in [0, 0.1) is 0 Å². The zero-order chi connectivity index (χ0) is 17.5. The molecule has 27 heavy (non-hydrogen) atoms. The van der Waals surface area contributed by atoms with Gasteiger partial charge in [-0.2, -0.15) is 0 Å². The van der Waals surface area contributed by atoms with Gasteiger partial charge in [-0.1, -0.05) is 12.1 Å². The normalized spacial score (nSPS) is 14.5. The van der Waals surface area contributed by atoms with Gasteiger partial charge in [0.2, 0.25) is 5.75 Å². The fourth-order valence-electron chi connectivity index (χ4n) is 2.62. The van der Waals surface area contributed by atoms with Gasteiger partial charge in [0.25, 0.3) is 0 Å². The smallest absolute Gasteiger partial charge is 0.204 e. The molecule has 150 valence electrons. The average Bonchev–Trinajstić information content (AvgIpc) is 2.64. The summed E-state index contributed by atoms with van der Waals surface area (Å²) in [6.07, 6.45) is 0.848. The molecule has 3 N–H and O–H groups in total. The Morgan fingerprint density at radius 3 is 2.78 bits per heavy atom. The first-order chi connectivity index (χ1) is 12.3. The lowest BCUT2D eigenvalue weighted by Gasteiger charge is -2.27. The van der Waals surface area contributed by atoms with E-state index in [0.717, 1.165) is 24.5 Å². The first-order valence-corrected chi connectivity index (χ1v) is 8.42. The number of nitrogens with one attached hydrogen (secondary N) is 1. The number of nitrogens with two attached hydrogens (primary N) is 1. The van der Waals surface area contributed by atoms with Crippen LogP contribution >= 0.6 is 24.8 Å². The number of halogens is 2. The monoisotopic (exact) mass is 416 g/mol. The number of benzene rings is 2. The molecule has 0 spiro atoms. The molecule has 0 fully saturated rings. The SMILES string of the molecule is COc1cccc2c1OC(CNCCCOc1cccc(N)c1)CO2.Cl.Cl. The number of hydrogen-bond acceptors (Lipinski definition) is 6. The fraction of sp³-hybridized carbons (Fsp3) is 0.368. The minimum absolute atomic E-state index is 0. The number of anilines is 1. The summed E-state index contributed by atoms with van der Waals surface area (Å²) in [4.78, 5) is 0. The number of para-hydroxylation sites is 1. The molecule has 8 heteroatoms. The molecule has 1 unspecified atom stereocenters. The lowest BCUT2D eigenvalue weighted by atomic mass is 10.2. The predicted octanol–water partition coefficient (Wildman–Crippen LogP) is 3.32. The summed E-state index contributed by atoms with van der Waals surface area (Å²) in [5, 5.41) is 3.37. The van der Waals surface area contributed by atoms with E-state index < -0.39 is 0 Å². The van der Waals surface area contributed by atoms with Crippen molar-refractivity contribution in [1.82, 2.24) is 5.32 Å². The van der Waals surface area contributed by atoms with E-state index in [1.165, 1.54) is 0 Å². The van der Waals surface area contributed by atoms with Crippen LogP contribution in [0.15, 0.2) is 42.5 Å². The lowest BCUT2D eigenvalue weighted by molar-refractivity contribution is 0.0863. The van der Waals surface area contributed by atoms with Crippen molar-refractivity contribution in [2.75, 3.05) is 39.1 Å². The number of methoxy groups -OCH3 is 1. The molecule has 0 aromatic heterocycles. The van der Waals surface area contributed by atoms with E-state index in [2.05, 4.69) is 5.32 Å². The summed E-state index contributed by atoms with van der Waals surface area (Å²) in [5.74, 6) is 2.89. The highest BCUT2D eigenvalue weighted by molar-refractivity contribution is 5.85. The van der Waals surface area contributed by atoms with Crippen LogP contribution in [0.1, 0.15) is 6.42 Å². The molecule has 0 saturated carbocycles. The molecule has 1 atom stereocenters. The van der Waals surface area contributed by atoms with E-state index >= 15 is 0 Å². The van der Waals surface area contributed by atoms with E-state index in [4.69, 9.17) is 24.7 Å². The van der Waals surface area contributed by atoms with Crippen LogP contribution in [-0.4, -0.2) is 39.5 Å². The van der Waals surface area contributed by atoms with Crippen molar-refractivity contribution in [3.63, 3.8) is 0 Å². The van der Waals surface area contributed by atoms with Gasteiger partial charge in [-0.3, -0.25) is 0 Å². The van der Waals surface area contributed by atoms with Crippen LogP contribution in [0.4, 0.5) is 5.69 Å². The Balaban J connectivity index is 0.00000182. The van der Waals surface area contributed by atoms with Gasteiger partial charge in [-0.15, -0.1) is 24.8 Å². The molecular weight excluding hydrogens is 391 g/mol. The molecule has 2 aromatic carbocycles. The van der Waals surface area contributed by atoms with Crippen molar-refractivity contribution in [2.24, 2.45) is 0 Å². The van der Waals surface area contributed by atoms with Crippen LogP contribution in [0.25, 0.3) is 0 Å². The zero-order valence-electron chi connectivity index (χ0n) is 15.2. The molecule has 6 nitrogen and oxygen atoms in total. The van der Waals surface area contributed by atoms with Gasteiger partial charge in [0, 0.05) is 18.3 Å². The maximum atomic E-state index is 5.99. The van der Waals surface area contributed by atoms with Gasteiger partial charge in [0.1, 0.15) is 18.5 Å². The maximum absolute atomic E-state index is 5.99. The van der Waals surface area contributed by atoms with Crippen molar-refractivity contribution >= 4 is 30.5 Å². The number of hydrogen-bond donors (Lipinski definition) is 2. The Bertz CT molecular complexity index is 689. The van der Waals surface area contributed by atoms with Crippen LogP contribution in [0.3, 0.4) is 0 Å². The van der Waals surface area contributed by atoms with Gasteiger partial charge in [-0.05, 0) is 37.2 Å². The summed E-state index contributed by atoms with van der Waals surface area (Å²) in [6.45, 7) is 2.69. The third kappa shape index (κ3) is 6.57. The maximum Gasteiger partial charge on any atom is 0.204 e. The summed E-state index contributed by atoms with van der Waals surface area (Å²) < 4.78 is 22.7. The van der Waals surface area contributed by atoms with E-state index in [1.54, 1.807) is 7.11 Å². The number of nitrogen functional groups attached to an aromatic ring is 1. The Hall–Kier alpha value is -2.02. The lowest BCUT2D eigenvalue weighted by Crippen LogP contribution is -2.39. The summed E-state index contributed by atoms with van der Waals surface area (Å²) >= 11 is 0. The highest BCUT2D eigenvalue weighted by atomic mass is 35.5. The molecular formula is C19H26Cl2N2O4. The molecule has 1 aliphatic rings. The van der Waals surface area contributed by atoms with Gasteiger partial charge in [-0.25, -0.2) is 0 Å². The predicted molar refractivity (Wildman–Crippen MR) is 111 cm³/mol. The Labute approximate surface area is 172 Å². The largest absolute Gasteiger partial charge is 0.493 e. The minimum Gasteiger partial charge on any atom is -0.493 e. The van der Waals surface area contributed by atoms with Crippen molar-refractivity contribution in [2.45, 2.75) is 12.5 Å². The molecule has 1 heterocycles. The van der Waals surface area contributed by atoms with Gasteiger partial charge in [0.15, 0.2) is 11.5 Å².